The summed E-state index contributed by atoms with van der Waals surface area (Å²) in [6.45, 7) is 0. The molecular formula is C13H11ClN4S. The van der Waals surface area contributed by atoms with Crippen LogP contribution in [-0.4, -0.2) is 14.4 Å². The molecule has 0 saturated heterocycles. The summed E-state index contributed by atoms with van der Waals surface area (Å²) >= 11 is 7.66. The van der Waals surface area contributed by atoms with Crippen molar-refractivity contribution in [3.63, 3.8) is 0 Å². The fourth-order valence-corrected chi connectivity index (χ4v) is 2.77. The summed E-state index contributed by atoms with van der Waals surface area (Å²) in [7, 11) is 0. The number of thioether (sulfide) groups is 1. The van der Waals surface area contributed by atoms with Crippen LogP contribution < -0.4 is 5.73 Å². The van der Waals surface area contributed by atoms with Crippen molar-refractivity contribution >= 4 is 34.8 Å². The highest BCUT2D eigenvalue weighted by Gasteiger charge is 2.04. The molecule has 96 valence electrons. The maximum atomic E-state index is 5.99. The van der Waals surface area contributed by atoms with E-state index >= 15 is 0 Å². The van der Waals surface area contributed by atoms with Crippen LogP contribution in [0.3, 0.4) is 0 Å². The lowest BCUT2D eigenvalue weighted by atomic mass is 10.3. The third-order valence-electron chi connectivity index (χ3n) is 2.64. The molecule has 3 aromatic rings. The fourth-order valence-electron chi connectivity index (χ4n) is 1.70. The van der Waals surface area contributed by atoms with Gasteiger partial charge in [0.25, 0.3) is 0 Å². The van der Waals surface area contributed by atoms with E-state index < -0.39 is 0 Å². The van der Waals surface area contributed by atoms with Gasteiger partial charge < -0.3 is 5.73 Å². The number of halogens is 1. The van der Waals surface area contributed by atoms with E-state index in [1.165, 1.54) is 0 Å². The number of nitrogens with two attached hydrogens (primary N) is 1. The van der Waals surface area contributed by atoms with Crippen LogP contribution in [0.1, 0.15) is 5.69 Å². The Morgan fingerprint density at radius 2 is 2.26 bits per heavy atom. The van der Waals surface area contributed by atoms with E-state index in [1.807, 2.05) is 41.1 Å². The van der Waals surface area contributed by atoms with Crippen molar-refractivity contribution in [3.05, 3.63) is 53.6 Å². The number of nitrogen functional groups attached to an aromatic ring is 1. The minimum absolute atomic E-state index is 0.585. The van der Waals surface area contributed by atoms with E-state index in [1.54, 1.807) is 18.0 Å². The summed E-state index contributed by atoms with van der Waals surface area (Å²) in [6.07, 6.45) is 5.65. The van der Waals surface area contributed by atoms with Crippen molar-refractivity contribution in [1.82, 2.24) is 14.4 Å². The molecule has 0 bridgehead atoms. The lowest BCUT2D eigenvalue weighted by Crippen LogP contribution is -1.86. The number of hydrogen-bond acceptors (Lipinski definition) is 4. The van der Waals surface area contributed by atoms with Crippen molar-refractivity contribution in [1.29, 1.82) is 0 Å². The largest absolute Gasteiger partial charge is 0.398 e. The first kappa shape index (κ1) is 12.3. The van der Waals surface area contributed by atoms with Gasteiger partial charge in [-0.1, -0.05) is 11.6 Å². The second-order valence-corrected chi connectivity index (χ2v) is 5.49. The van der Waals surface area contributed by atoms with Gasteiger partial charge in [0.05, 0.1) is 16.4 Å². The van der Waals surface area contributed by atoms with Crippen LogP contribution in [0.4, 0.5) is 5.69 Å². The molecule has 0 aliphatic carbocycles. The third-order valence-corrected chi connectivity index (χ3v) is 4.00. The predicted octanol–water partition coefficient (Wildman–Crippen LogP) is 3.26. The highest BCUT2D eigenvalue weighted by molar-refractivity contribution is 7.98. The van der Waals surface area contributed by atoms with Gasteiger partial charge in [0.15, 0.2) is 0 Å². The summed E-state index contributed by atoms with van der Waals surface area (Å²) in [5.74, 6) is 1.48. The molecule has 2 heterocycles. The molecular weight excluding hydrogens is 280 g/mol. The molecule has 0 unspecified atom stereocenters. The van der Waals surface area contributed by atoms with Crippen molar-refractivity contribution in [2.24, 2.45) is 0 Å². The molecule has 0 atom stereocenters. The molecule has 2 N–H and O–H groups in total. The van der Waals surface area contributed by atoms with E-state index in [2.05, 4.69) is 9.97 Å². The standard InChI is InChI=1S/C13H11ClN4S/c14-11-6-10(2-3-12(11)15)19-8-9-7-18-5-1-4-16-13(18)17-9/h1-7H,8,15H2. The van der Waals surface area contributed by atoms with Gasteiger partial charge in [-0.05, 0) is 24.3 Å². The first-order valence-corrected chi connectivity index (χ1v) is 7.05. The molecule has 0 aliphatic heterocycles. The first-order valence-electron chi connectivity index (χ1n) is 5.69. The number of hydrogen-bond donors (Lipinski definition) is 1. The Labute approximate surface area is 119 Å². The molecule has 0 amide bonds. The van der Waals surface area contributed by atoms with E-state index in [4.69, 9.17) is 17.3 Å². The maximum absolute atomic E-state index is 5.99. The Morgan fingerprint density at radius 1 is 1.37 bits per heavy atom. The Hall–Kier alpha value is -1.72. The molecule has 0 fully saturated rings. The summed E-state index contributed by atoms with van der Waals surface area (Å²) in [6, 6.07) is 7.52. The molecule has 1 aromatic carbocycles. The zero-order valence-electron chi connectivity index (χ0n) is 9.95. The van der Waals surface area contributed by atoms with Crippen molar-refractivity contribution < 1.29 is 0 Å². The summed E-state index contributed by atoms with van der Waals surface area (Å²) in [5, 5.41) is 0.585. The predicted molar refractivity (Wildman–Crippen MR) is 78.4 cm³/mol. The molecule has 0 saturated carbocycles. The zero-order chi connectivity index (χ0) is 13.2. The Bertz CT molecular complexity index is 692. The monoisotopic (exact) mass is 290 g/mol. The lowest BCUT2D eigenvalue weighted by Gasteiger charge is -2.02. The fraction of sp³-hybridized carbons (Fsp3) is 0.0769. The Morgan fingerprint density at radius 3 is 3.05 bits per heavy atom. The summed E-state index contributed by atoms with van der Waals surface area (Å²) in [4.78, 5) is 9.70. The topological polar surface area (TPSA) is 56.2 Å². The van der Waals surface area contributed by atoms with Gasteiger partial charge in [-0.2, -0.15) is 0 Å². The Balaban J connectivity index is 1.76. The summed E-state index contributed by atoms with van der Waals surface area (Å²) < 4.78 is 1.91. The van der Waals surface area contributed by atoms with Crippen LogP contribution in [0.15, 0.2) is 47.8 Å². The SMILES string of the molecule is Nc1ccc(SCc2cn3cccnc3n2)cc1Cl. The average molecular weight is 291 g/mol. The van der Waals surface area contributed by atoms with Crippen LogP contribution >= 0.6 is 23.4 Å². The van der Waals surface area contributed by atoms with E-state index in [0.29, 0.717) is 16.5 Å². The van der Waals surface area contributed by atoms with E-state index in [0.717, 1.165) is 16.3 Å². The van der Waals surface area contributed by atoms with Crippen LogP contribution in [0.2, 0.25) is 5.02 Å². The van der Waals surface area contributed by atoms with E-state index in [9.17, 15) is 0 Å². The van der Waals surface area contributed by atoms with Crippen molar-refractivity contribution in [2.45, 2.75) is 10.6 Å². The van der Waals surface area contributed by atoms with Gasteiger partial charge >= 0.3 is 0 Å². The second kappa shape index (κ2) is 5.11. The van der Waals surface area contributed by atoms with Crippen LogP contribution in [0.5, 0.6) is 0 Å². The van der Waals surface area contributed by atoms with Crippen molar-refractivity contribution in [2.75, 3.05) is 5.73 Å². The third kappa shape index (κ3) is 2.67. The molecule has 2 aromatic heterocycles. The van der Waals surface area contributed by atoms with Crippen LogP contribution in [0, 0.1) is 0 Å². The first-order chi connectivity index (χ1) is 9.22. The molecule has 0 radical (unpaired) electrons. The average Bonchev–Trinajstić information content (AvgIpc) is 2.83. The Kier molecular flexibility index (Phi) is 3.31. The molecule has 3 rings (SSSR count). The molecule has 6 heteroatoms. The van der Waals surface area contributed by atoms with Gasteiger partial charge in [-0.15, -0.1) is 11.8 Å². The molecule has 4 nitrogen and oxygen atoms in total. The lowest BCUT2D eigenvalue weighted by molar-refractivity contribution is 1.11. The number of rotatable bonds is 3. The number of imidazole rings is 1. The van der Waals surface area contributed by atoms with Gasteiger partial charge in [0.1, 0.15) is 0 Å². The summed E-state index contributed by atoms with van der Waals surface area (Å²) in [5.41, 5.74) is 7.26. The number of fused-ring (bicyclic) bond motifs is 1. The van der Waals surface area contributed by atoms with Crippen LogP contribution in [-0.2, 0) is 5.75 Å². The second-order valence-electron chi connectivity index (χ2n) is 4.03. The van der Waals surface area contributed by atoms with Gasteiger partial charge in [-0.3, -0.25) is 4.40 Å². The smallest absolute Gasteiger partial charge is 0.233 e. The van der Waals surface area contributed by atoms with Crippen molar-refractivity contribution in [3.8, 4) is 0 Å². The van der Waals surface area contributed by atoms with Gasteiger partial charge in [0.2, 0.25) is 5.78 Å². The van der Waals surface area contributed by atoms with Gasteiger partial charge in [0, 0.05) is 29.2 Å². The van der Waals surface area contributed by atoms with Crippen LogP contribution in [0.25, 0.3) is 5.78 Å². The molecule has 19 heavy (non-hydrogen) atoms. The highest BCUT2D eigenvalue weighted by Crippen LogP contribution is 2.28. The number of anilines is 1. The molecule has 0 aliphatic rings. The van der Waals surface area contributed by atoms with Gasteiger partial charge in [-0.25, -0.2) is 9.97 Å². The number of benzene rings is 1. The quantitative estimate of drug-likeness (QED) is 0.594. The van der Waals surface area contributed by atoms with E-state index in [-0.39, 0.29) is 0 Å². The highest BCUT2D eigenvalue weighted by atomic mass is 35.5. The normalized spacial score (nSPS) is 11.0. The minimum Gasteiger partial charge on any atom is -0.398 e. The minimum atomic E-state index is 0.585. The number of nitrogens with zero attached hydrogens (tertiary/aromatic N) is 3. The molecule has 0 spiro atoms. The zero-order valence-corrected chi connectivity index (χ0v) is 11.5. The number of aromatic nitrogens is 3. The maximum Gasteiger partial charge on any atom is 0.233 e.